The molecular weight excluding hydrogens is 801 g/mol. The summed E-state index contributed by atoms with van der Waals surface area (Å²) >= 11 is 0. The quantitative estimate of drug-likeness (QED) is 0.0625. The first-order chi connectivity index (χ1) is 30.3. The lowest BCUT2D eigenvalue weighted by atomic mass is 9.89. The fourth-order valence-corrected chi connectivity index (χ4v) is 7.67. The normalized spacial score (nSPS) is 19.5. The number of para-hydroxylation sites is 1. The molecule has 8 N–H and O–H groups in total. The Morgan fingerprint density at radius 2 is 1.71 bits per heavy atom. The van der Waals surface area contributed by atoms with Crippen LogP contribution in [0, 0.1) is 23.7 Å². The maximum atomic E-state index is 14.4. The Morgan fingerprint density at radius 3 is 2.43 bits per heavy atom. The fourth-order valence-electron chi connectivity index (χ4n) is 7.67. The number of nitrogens with two attached hydrogens (primary N) is 2. The summed E-state index contributed by atoms with van der Waals surface area (Å²) < 4.78 is 0. The van der Waals surface area contributed by atoms with Crippen LogP contribution in [0.15, 0.2) is 73.4 Å². The van der Waals surface area contributed by atoms with Crippen molar-refractivity contribution in [3.63, 3.8) is 0 Å². The number of H-pyrrole nitrogens is 1. The van der Waals surface area contributed by atoms with Crippen LogP contribution in [0.5, 0.6) is 0 Å². The van der Waals surface area contributed by atoms with Crippen LogP contribution in [0.25, 0.3) is 10.9 Å². The number of fused-ring (bicyclic) bond motifs is 1. The molecule has 1 aliphatic heterocycles. The molecule has 15 nitrogen and oxygen atoms in total. The molecule has 1 aliphatic rings. The predicted octanol–water partition coefficient (Wildman–Crippen LogP) is 3.35. The largest absolute Gasteiger partial charge is 0.368 e. The van der Waals surface area contributed by atoms with Crippen LogP contribution in [0.2, 0.25) is 0 Å². The molecule has 338 valence electrons. The number of aromatic amines is 1. The first-order valence-electron chi connectivity index (χ1n) is 21.9. The van der Waals surface area contributed by atoms with Crippen molar-refractivity contribution in [1.82, 2.24) is 30.7 Å². The molecule has 2 heterocycles. The number of amides is 5. The van der Waals surface area contributed by atoms with Gasteiger partial charge in [-0.05, 0) is 82.2 Å². The number of carbonyl (C=O) groups is 7. The van der Waals surface area contributed by atoms with Crippen LogP contribution in [0.4, 0.5) is 4.79 Å². The number of primary amides is 1. The number of carbonyl (C=O) groups excluding carboxylic acids is 7. The van der Waals surface area contributed by atoms with Crippen molar-refractivity contribution >= 4 is 52.0 Å². The van der Waals surface area contributed by atoms with Gasteiger partial charge in [0.2, 0.25) is 17.7 Å². The highest BCUT2D eigenvalue weighted by Gasteiger charge is 2.33. The summed E-state index contributed by atoms with van der Waals surface area (Å²) in [4.78, 5) is 101. The second-order valence-corrected chi connectivity index (χ2v) is 16.4. The van der Waals surface area contributed by atoms with E-state index in [2.05, 4.69) is 44.3 Å². The Kier molecular flexibility index (Phi) is 20.2. The van der Waals surface area contributed by atoms with Crippen molar-refractivity contribution in [3.8, 4) is 11.8 Å². The number of benzene rings is 2. The third-order valence-corrected chi connectivity index (χ3v) is 11.2. The fraction of sp³-hybridized carbons (Fsp3) is 0.479. The lowest BCUT2D eigenvalue weighted by molar-refractivity contribution is -0.134. The third kappa shape index (κ3) is 16.3. The summed E-state index contributed by atoms with van der Waals surface area (Å²) in [5.41, 5.74) is 13.7. The predicted molar refractivity (Wildman–Crippen MR) is 243 cm³/mol. The average Bonchev–Trinajstić information content (AvgIpc) is 3.66. The van der Waals surface area contributed by atoms with Crippen molar-refractivity contribution in [1.29, 1.82) is 0 Å². The summed E-state index contributed by atoms with van der Waals surface area (Å²) in [6, 6.07) is 13.1. The van der Waals surface area contributed by atoms with Crippen molar-refractivity contribution in [3.05, 3.63) is 84.6 Å². The van der Waals surface area contributed by atoms with Crippen molar-refractivity contribution < 1.29 is 33.6 Å². The van der Waals surface area contributed by atoms with E-state index in [1.54, 1.807) is 19.2 Å². The van der Waals surface area contributed by atoms with E-state index >= 15 is 0 Å². The molecule has 63 heavy (non-hydrogen) atoms. The molecule has 0 bridgehead atoms. The van der Waals surface area contributed by atoms with E-state index in [9.17, 15) is 33.6 Å². The van der Waals surface area contributed by atoms with Gasteiger partial charge in [0.05, 0.1) is 31.7 Å². The van der Waals surface area contributed by atoms with E-state index in [-0.39, 0.29) is 56.8 Å². The minimum Gasteiger partial charge on any atom is -0.368 e. The lowest BCUT2D eigenvalue weighted by Crippen LogP contribution is -2.51. The van der Waals surface area contributed by atoms with Crippen LogP contribution in [0.3, 0.4) is 0 Å². The maximum absolute atomic E-state index is 14.4. The number of nitrogens with one attached hydrogen (secondary N) is 4. The first-order valence-corrected chi connectivity index (χ1v) is 21.9. The standard InChI is InChI=1S/C48H64N8O7/c1-4-23-55-24-13-11-20-40(44(59)30-36(28-35-16-6-5-7-17-35)47(62)53-41(45(50)60)21-10-12-22-49)52-46(61)33(2)27-43(58)42(29-37-31-51-39-19-9-8-18-38(37)39)54-48(63)56(32-34(3)57)26-15-14-25-55/h4-9,16-19,31,33,36,40-42,51H,1,10-13,20-30,32,49H2,2-3H3,(H2,50,60)(H,52,61)(H,53,62)(H,54,63)/t33-,36+,40+,41+,42-/m1/s1. The van der Waals surface area contributed by atoms with Crippen LogP contribution < -0.4 is 27.4 Å². The number of nitrogens with zero attached hydrogens (tertiary/aromatic N) is 2. The van der Waals surface area contributed by atoms with Crippen molar-refractivity contribution in [2.45, 2.75) is 96.2 Å². The molecular formula is C48H64N8O7. The molecule has 5 amide bonds. The topological polar surface area (TPSA) is 230 Å². The van der Waals surface area contributed by atoms with Gasteiger partial charge in [-0.3, -0.25) is 33.7 Å². The average molecular weight is 865 g/mol. The van der Waals surface area contributed by atoms with E-state index < -0.39 is 59.5 Å². The summed E-state index contributed by atoms with van der Waals surface area (Å²) in [7, 11) is 0. The highest BCUT2D eigenvalue weighted by molar-refractivity contribution is 5.96. The molecule has 0 unspecified atom stereocenters. The van der Waals surface area contributed by atoms with Crippen LogP contribution in [-0.2, 0) is 41.6 Å². The zero-order valence-corrected chi connectivity index (χ0v) is 36.7. The van der Waals surface area contributed by atoms with E-state index in [0.717, 1.165) is 22.0 Å². The number of unbranched alkanes of at least 4 members (excludes halogenated alkanes) is 1. The van der Waals surface area contributed by atoms with Gasteiger partial charge in [0.15, 0.2) is 11.6 Å². The summed E-state index contributed by atoms with van der Waals surface area (Å²) in [6.07, 6.45) is 6.29. The Balaban J connectivity index is 1.63. The Morgan fingerprint density at radius 1 is 0.984 bits per heavy atom. The molecule has 0 spiro atoms. The van der Waals surface area contributed by atoms with Gasteiger partial charge in [0.1, 0.15) is 11.8 Å². The smallest absolute Gasteiger partial charge is 0.319 e. The lowest BCUT2D eigenvalue weighted by Gasteiger charge is -2.26. The van der Waals surface area contributed by atoms with Gasteiger partial charge in [-0.25, -0.2) is 4.79 Å². The van der Waals surface area contributed by atoms with Gasteiger partial charge >= 0.3 is 6.03 Å². The van der Waals surface area contributed by atoms with Gasteiger partial charge < -0.3 is 37.3 Å². The van der Waals surface area contributed by atoms with Crippen molar-refractivity contribution in [2.75, 3.05) is 39.3 Å². The first kappa shape index (κ1) is 49.5. The molecule has 0 saturated carbocycles. The Labute approximate surface area is 370 Å². The number of rotatable bonds is 18. The number of aromatic nitrogens is 1. The molecule has 0 fully saturated rings. The molecule has 1 aromatic heterocycles. The van der Waals surface area contributed by atoms with Crippen molar-refractivity contribution in [2.24, 2.45) is 23.3 Å². The molecule has 15 heteroatoms. The number of Topliss-reactive ketones (excluding diaryl/α,β-unsaturated/α-hetero) is 3. The minimum atomic E-state index is -1.08. The minimum absolute atomic E-state index is 0.0509. The molecule has 0 saturated heterocycles. The Bertz CT molecular complexity index is 2110. The monoisotopic (exact) mass is 864 g/mol. The summed E-state index contributed by atoms with van der Waals surface area (Å²) in [5, 5.41) is 9.39. The van der Waals surface area contributed by atoms with Gasteiger partial charge in [-0.15, -0.1) is 6.58 Å². The molecule has 2 aromatic carbocycles. The third-order valence-electron chi connectivity index (χ3n) is 11.2. The van der Waals surface area contributed by atoms with Crippen LogP contribution >= 0.6 is 0 Å². The number of hydrogen-bond acceptors (Lipinski definition) is 9. The van der Waals surface area contributed by atoms with Crippen LogP contribution in [0.1, 0.15) is 76.3 Å². The molecule has 0 aliphatic carbocycles. The van der Waals surface area contributed by atoms with E-state index in [4.69, 9.17) is 11.5 Å². The zero-order valence-electron chi connectivity index (χ0n) is 36.7. The van der Waals surface area contributed by atoms with Crippen LogP contribution in [-0.4, -0.2) is 113 Å². The SMILES string of the molecule is C=CCN1CC#CCN(CC(C)=O)C(=O)N[C@H](Cc2c[nH]c3ccccc23)C(=O)C[C@@H](C)C(=O)N[C@H](C(=O)C[C@H](Cc2ccccc2)C(=O)N[C@@H](CCCCN)C(N)=O)CCCC1. The molecule has 0 radical (unpaired) electrons. The molecule has 5 atom stereocenters. The second-order valence-electron chi connectivity index (χ2n) is 16.4. The van der Waals surface area contributed by atoms with Gasteiger partial charge in [0.25, 0.3) is 0 Å². The summed E-state index contributed by atoms with van der Waals surface area (Å²) in [5.74, 6) is 1.55. The van der Waals surface area contributed by atoms with Gasteiger partial charge in [-0.2, -0.15) is 0 Å². The highest BCUT2D eigenvalue weighted by atomic mass is 16.2. The van der Waals surface area contributed by atoms with E-state index in [1.807, 2.05) is 54.6 Å². The maximum Gasteiger partial charge on any atom is 0.319 e. The second kappa shape index (κ2) is 25.7. The van der Waals surface area contributed by atoms with E-state index in [0.29, 0.717) is 58.3 Å². The number of urea groups is 1. The number of hydrogen-bond donors (Lipinski definition) is 6. The Hall–Kier alpha value is -6.11. The van der Waals surface area contributed by atoms with Gasteiger partial charge in [0, 0.05) is 54.7 Å². The molecule has 4 rings (SSSR count). The zero-order chi connectivity index (χ0) is 45.7. The van der Waals surface area contributed by atoms with Gasteiger partial charge in [-0.1, -0.05) is 73.4 Å². The molecule has 3 aromatic rings. The highest BCUT2D eigenvalue weighted by Crippen LogP contribution is 2.22. The number of ketones is 3. The summed E-state index contributed by atoms with van der Waals surface area (Å²) in [6.45, 7) is 8.44. The van der Waals surface area contributed by atoms with E-state index in [1.165, 1.54) is 11.8 Å².